The molecule has 0 unspecified atom stereocenters. The van der Waals surface area contributed by atoms with Gasteiger partial charge in [0.15, 0.2) is 0 Å². The highest BCUT2D eigenvalue weighted by molar-refractivity contribution is 5.86. The molecule has 3 heteroatoms. The van der Waals surface area contributed by atoms with E-state index in [4.69, 9.17) is 5.11 Å². The second-order valence-corrected chi connectivity index (χ2v) is 3.86. The van der Waals surface area contributed by atoms with Crippen LogP contribution in [0.1, 0.15) is 47.0 Å². The zero-order chi connectivity index (χ0) is 11.1. The number of hydrogen-bond donors (Lipinski definition) is 2. The number of unbranched alkanes of at least 4 members (excludes halogenated alkanes) is 1. The molecule has 0 bridgehead atoms. The van der Waals surface area contributed by atoms with E-state index in [2.05, 4.69) is 12.2 Å². The molecular formula is C11H21NO2. The Hall–Kier alpha value is -0.990. The molecule has 0 aromatic heterocycles. The Morgan fingerprint density at radius 1 is 1.43 bits per heavy atom. The van der Waals surface area contributed by atoms with E-state index in [9.17, 15) is 4.79 Å². The number of rotatable bonds is 6. The normalized spacial score (nSPS) is 12.6. The van der Waals surface area contributed by atoms with Crippen LogP contribution < -0.4 is 5.32 Å². The Kier molecular flexibility index (Phi) is 6.00. The molecule has 0 heterocycles. The van der Waals surface area contributed by atoms with Gasteiger partial charge in [0.1, 0.15) is 5.70 Å². The van der Waals surface area contributed by atoms with Gasteiger partial charge in [-0.05, 0) is 39.2 Å². The van der Waals surface area contributed by atoms with Crippen LogP contribution in [-0.2, 0) is 4.79 Å². The number of carboxylic acids is 1. The minimum atomic E-state index is -0.854. The quantitative estimate of drug-likeness (QED) is 0.646. The SMILES string of the molecule is CCCCC(C)=C(NC(C)C)C(=O)O. The lowest BCUT2D eigenvalue weighted by molar-refractivity contribution is -0.133. The molecule has 3 nitrogen and oxygen atoms in total. The fraction of sp³-hybridized carbons (Fsp3) is 0.727. The van der Waals surface area contributed by atoms with Gasteiger partial charge in [0, 0.05) is 6.04 Å². The molecule has 14 heavy (non-hydrogen) atoms. The maximum atomic E-state index is 10.9. The molecule has 0 saturated heterocycles. The van der Waals surface area contributed by atoms with Crippen molar-refractivity contribution in [2.75, 3.05) is 0 Å². The summed E-state index contributed by atoms with van der Waals surface area (Å²) in [6.45, 7) is 7.87. The largest absolute Gasteiger partial charge is 0.477 e. The smallest absolute Gasteiger partial charge is 0.351 e. The standard InChI is InChI=1S/C11H21NO2/c1-5-6-7-9(4)10(11(13)14)12-8(2)3/h8,12H,5-7H2,1-4H3,(H,13,14). The topological polar surface area (TPSA) is 49.3 Å². The fourth-order valence-electron chi connectivity index (χ4n) is 1.22. The first-order chi connectivity index (χ1) is 6.49. The zero-order valence-corrected chi connectivity index (χ0v) is 9.55. The van der Waals surface area contributed by atoms with Crippen molar-refractivity contribution < 1.29 is 9.90 Å². The van der Waals surface area contributed by atoms with E-state index in [0.29, 0.717) is 5.70 Å². The van der Waals surface area contributed by atoms with Crippen LogP contribution in [0.3, 0.4) is 0 Å². The molecular weight excluding hydrogens is 178 g/mol. The van der Waals surface area contributed by atoms with Gasteiger partial charge in [-0.1, -0.05) is 13.3 Å². The lowest BCUT2D eigenvalue weighted by Gasteiger charge is -2.13. The summed E-state index contributed by atoms with van der Waals surface area (Å²) in [5.74, 6) is -0.854. The van der Waals surface area contributed by atoms with Gasteiger partial charge < -0.3 is 10.4 Å². The van der Waals surface area contributed by atoms with E-state index >= 15 is 0 Å². The summed E-state index contributed by atoms with van der Waals surface area (Å²) in [7, 11) is 0. The summed E-state index contributed by atoms with van der Waals surface area (Å²) >= 11 is 0. The van der Waals surface area contributed by atoms with Gasteiger partial charge in [0.25, 0.3) is 0 Å². The first-order valence-corrected chi connectivity index (χ1v) is 5.18. The second kappa shape index (κ2) is 6.46. The Balaban J connectivity index is 4.50. The molecule has 0 aliphatic carbocycles. The van der Waals surface area contributed by atoms with Crippen LogP contribution in [0.15, 0.2) is 11.3 Å². The molecule has 0 rings (SSSR count). The molecule has 0 spiro atoms. The van der Waals surface area contributed by atoms with E-state index in [-0.39, 0.29) is 6.04 Å². The van der Waals surface area contributed by atoms with Gasteiger partial charge in [-0.3, -0.25) is 0 Å². The van der Waals surface area contributed by atoms with Crippen molar-refractivity contribution in [3.05, 3.63) is 11.3 Å². The summed E-state index contributed by atoms with van der Waals surface area (Å²) in [6, 6.07) is 0.165. The average molecular weight is 199 g/mol. The summed E-state index contributed by atoms with van der Waals surface area (Å²) in [5, 5.41) is 11.9. The molecule has 0 aromatic carbocycles. The van der Waals surface area contributed by atoms with Gasteiger partial charge in [0.2, 0.25) is 0 Å². The predicted octanol–water partition coefficient (Wildman–Crippen LogP) is 2.53. The minimum absolute atomic E-state index is 0.165. The summed E-state index contributed by atoms with van der Waals surface area (Å²) in [5.41, 5.74) is 1.31. The third-order valence-corrected chi connectivity index (χ3v) is 1.98. The van der Waals surface area contributed by atoms with Crippen molar-refractivity contribution in [1.29, 1.82) is 0 Å². The first-order valence-electron chi connectivity index (χ1n) is 5.18. The molecule has 0 radical (unpaired) electrons. The zero-order valence-electron chi connectivity index (χ0n) is 9.55. The van der Waals surface area contributed by atoms with Crippen molar-refractivity contribution in [1.82, 2.24) is 5.32 Å². The molecule has 0 fully saturated rings. The van der Waals surface area contributed by atoms with Crippen molar-refractivity contribution in [3.63, 3.8) is 0 Å². The van der Waals surface area contributed by atoms with E-state index in [1.807, 2.05) is 20.8 Å². The second-order valence-electron chi connectivity index (χ2n) is 3.86. The third kappa shape index (κ3) is 4.90. The summed E-state index contributed by atoms with van der Waals surface area (Å²) in [4.78, 5) is 10.9. The highest BCUT2D eigenvalue weighted by Crippen LogP contribution is 2.11. The number of hydrogen-bond acceptors (Lipinski definition) is 2. The number of carboxylic acid groups (broad SMARTS) is 1. The van der Waals surface area contributed by atoms with Gasteiger partial charge in [-0.15, -0.1) is 0 Å². The van der Waals surface area contributed by atoms with Gasteiger partial charge in [-0.2, -0.15) is 0 Å². The highest BCUT2D eigenvalue weighted by Gasteiger charge is 2.11. The van der Waals surface area contributed by atoms with Crippen LogP contribution in [-0.4, -0.2) is 17.1 Å². The van der Waals surface area contributed by atoms with Crippen LogP contribution >= 0.6 is 0 Å². The van der Waals surface area contributed by atoms with Crippen LogP contribution in [0.5, 0.6) is 0 Å². The average Bonchev–Trinajstić information content (AvgIpc) is 2.09. The van der Waals surface area contributed by atoms with Gasteiger partial charge in [0.05, 0.1) is 0 Å². The Bertz CT molecular complexity index is 219. The number of allylic oxidation sites excluding steroid dienone is 1. The molecule has 82 valence electrons. The van der Waals surface area contributed by atoms with Crippen LogP contribution in [0.4, 0.5) is 0 Å². The summed E-state index contributed by atoms with van der Waals surface area (Å²) in [6.07, 6.45) is 2.99. The maximum Gasteiger partial charge on any atom is 0.351 e. The molecule has 0 aliphatic rings. The van der Waals surface area contributed by atoms with Crippen LogP contribution in [0.25, 0.3) is 0 Å². The molecule has 0 atom stereocenters. The molecule has 0 amide bonds. The van der Waals surface area contributed by atoms with Gasteiger partial charge in [-0.25, -0.2) is 4.79 Å². The summed E-state index contributed by atoms with van der Waals surface area (Å²) < 4.78 is 0. The van der Waals surface area contributed by atoms with E-state index < -0.39 is 5.97 Å². The van der Waals surface area contributed by atoms with Crippen molar-refractivity contribution in [3.8, 4) is 0 Å². The van der Waals surface area contributed by atoms with Crippen LogP contribution in [0, 0.1) is 0 Å². The molecule has 0 saturated carbocycles. The highest BCUT2D eigenvalue weighted by atomic mass is 16.4. The first kappa shape index (κ1) is 13.0. The number of carbonyl (C=O) groups is 1. The van der Waals surface area contributed by atoms with Gasteiger partial charge >= 0.3 is 5.97 Å². The van der Waals surface area contributed by atoms with E-state index in [1.54, 1.807) is 0 Å². The van der Waals surface area contributed by atoms with Crippen molar-refractivity contribution in [2.24, 2.45) is 0 Å². The van der Waals surface area contributed by atoms with E-state index in [1.165, 1.54) is 0 Å². The fourth-order valence-corrected chi connectivity index (χ4v) is 1.22. The Morgan fingerprint density at radius 2 is 2.00 bits per heavy atom. The third-order valence-electron chi connectivity index (χ3n) is 1.98. The number of aliphatic carboxylic acids is 1. The Morgan fingerprint density at radius 3 is 2.36 bits per heavy atom. The molecule has 2 N–H and O–H groups in total. The van der Waals surface area contributed by atoms with Crippen molar-refractivity contribution in [2.45, 2.75) is 53.0 Å². The molecule has 0 aromatic rings. The van der Waals surface area contributed by atoms with Crippen molar-refractivity contribution >= 4 is 5.97 Å². The number of nitrogens with one attached hydrogen (secondary N) is 1. The lowest BCUT2D eigenvalue weighted by Crippen LogP contribution is -2.28. The maximum absolute atomic E-state index is 10.9. The molecule has 0 aliphatic heterocycles. The predicted molar refractivity (Wildman–Crippen MR) is 58.1 cm³/mol. The van der Waals surface area contributed by atoms with Crippen LogP contribution in [0.2, 0.25) is 0 Å². The van der Waals surface area contributed by atoms with E-state index in [0.717, 1.165) is 24.8 Å². The lowest BCUT2D eigenvalue weighted by atomic mass is 10.1. The minimum Gasteiger partial charge on any atom is -0.477 e. The Labute approximate surface area is 86.2 Å². The monoisotopic (exact) mass is 199 g/mol.